The van der Waals surface area contributed by atoms with Gasteiger partial charge in [-0.2, -0.15) is 0 Å². The van der Waals surface area contributed by atoms with Crippen molar-refractivity contribution in [1.82, 2.24) is 0 Å². The van der Waals surface area contributed by atoms with Crippen molar-refractivity contribution in [3.8, 4) is 17.2 Å². The highest BCUT2D eigenvalue weighted by Crippen LogP contribution is 2.41. The number of nitrogens with two attached hydrogens (primary N) is 2. The van der Waals surface area contributed by atoms with E-state index >= 15 is 0 Å². The van der Waals surface area contributed by atoms with Crippen molar-refractivity contribution >= 4 is 0 Å². The molecule has 4 N–H and O–H groups in total. The summed E-state index contributed by atoms with van der Waals surface area (Å²) in [7, 11) is 4.78. The van der Waals surface area contributed by atoms with Crippen LogP contribution in [-0.2, 0) is 0 Å². The van der Waals surface area contributed by atoms with Gasteiger partial charge in [-0.1, -0.05) is 13.8 Å². The molecule has 1 atom stereocenters. The third-order valence-electron chi connectivity index (χ3n) is 3.44. The maximum atomic E-state index is 6.32. The number of hydrogen-bond donors (Lipinski definition) is 2. The van der Waals surface area contributed by atoms with Crippen molar-refractivity contribution < 1.29 is 14.2 Å². The lowest BCUT2D eigenvalue weighted by Crippen LogP contribution is -2.36. The van der Waals surface area contributed by atoms with Crippen LogP contribution in [0, 0.1) is 5.41 Å². The van der Waals surface area contributed by atoms with Crippen LogP contribution < -0.4 is 25.7 Å². The van der Waals surface area contributed by atoms with Crippen molar-refractivity contribution in [3.05, 3.63) is 17.7 Å². The molecule has 1 aromatic carbocycles. The standard InChI is InChI=1S/C14H24N2O3/c1-14(2,8-15)13(16)9-6-11(18-4)12(19-5)7-10(9)17-3/h6-7,13H,8,15-16H2,1-5H3. The van der Waals surface area contributed by atoms with Crippen molar-refractivity contribution in [1.29, 1.82) is 0 Å². The van der Waals surface area contributed by atoms with Crippen LogP contribution in [0.5, 0.6) is 17.2 Å². The van der Waals surface area contributed by atoms with E-state index in [1.807, 2.05) is 19.9 Å². The van der Waals surface area contributed by atoms with E-state index in [-0.39, 0.29) is 11.5 Å². The summed E-state index contributed by atoms with van der Waals surface area (Å²) in [5.41, 5.74) is 12.7. The van der Waals surface area contributed by atoms with Gasteiger partial charge in [0.25, 0.3) is 0 Å². The molecule has 5 heteroatoms. The molecule has 0 radical (unpaired) electrons. The maximum absolute atomic E-state index is 6.32. The topological polar surface area (TPSA) is 79.7 Å². The summed E-state index contributed by atoms with van der Waals surface area (Å²) in [5, 5.41) is 0. The molecular formula is C14H24N2O3. The largest absolute Gasteiger partial charge is 0.496 e. The number of ether oxygens (including phenoxy) is 3. The highest BCUT2D eigenvalue weighted by molar-refractivity contribution is 5.52. The van der Waals surface area contributed by atoms with Crippen LogP contribution in [0.1, 0.15) is 25.5 Å². The van der Waals surface area contributed by atoms with Crippen LogP contribution in [-0.4, -0.2) is 27.9 Å². The third kappa shape index (κ3) is 3.11. The minimum absolute atomic E-state index is 0.243. The Balaban J connectivity index is 3.33. The van der Waals surface area contributed by atoms with Gasteiger partial charge in [-0.25, -0.2) is 0 Å². The summed E-state index contributed by atoms with van der Waals surface area (Å²) in [6.45, 7) is 4.52. The van der Waals surface area contributed by atoms with Gasteiger partial charge in [-0.05, 0) is 18.0 Å². The summed E-state index contributed by atoms with van der Waals surface area (Å²) >= 11 is 0. The first-order chi connectivity index (χ1) is 8.91. The van der Waals surface area contributed by atoms with Crippen molar-refractivity contribution in [2.24, 2.45) is 16.9 Å². The van der Waals surface area contributed by atoms with Gasteiger partial charge in [0.1, 0.15) is 5.75 Å². The summed E-state index contributed by atoms with van der Waals surface area (Å²) < 4.78 is 16.0. The zero-order valence-corrected chi connectivity index (χ0v) is 12.3. The van der Waals surface area contributed by atoms with Gasteiger partial charge >= 0.3 is 0 Å². The van der Waals surface area contributed by atoms with Crippen molar-refractivity contribution in [2.75, 3.05) is 27.9 Å². The average molecular weight is 268 g/mol. The second kappa shape index (κ2) is 6.12. The van der Waals surface area contributed by atoms with E-state index in [4.69, 9.17) is 25.7 Å². The summed E-state index contributed by atoms with van der Waals surface area (Å²) in [4.78, 5) is 0. The minimum Gasteiger partial charge on any atom is -0.496 e. The molecule has 0 heterocycles. The second-order valence-electron chi connectivity index (χ2n) is 5.12. The first kappa shape index (κ1) is 15.6. The predicted octanol–water partition coefficient (Wildman–Crippen LogP) is 1.70. The number of rotatable bonds is 6. The summed E-state index contributed by atoms with van der Waals surface area (Å²) in [5.74, 6) is 1.91. The molecule has 0 aromatic heterocycles. The highest BCUT2D eigenvalue weighted by Gasteiger charge is 2.29. The summed E-state index contributed by atoms with van der Waals surface area (Å²) in [6.07, 6.45) is 0. The number of benzene rings is 1. The zero-order valence-electron chi connectivity index (χ0n) is 12.3. The lowest BCUT2D eigenvalue weighted by atomic mass is 9.80. The minimum atomic E-state index is -0.257. The normalized spacial score (nSPS) is 13.0. The molecule has 0 aliphatic carbocycles. The monoisotopic (exact) mass is 268 g/mol. The number of hydrogen-bond acceptors (Lipinski definition) is 5. The van der Waals surface area contributed by atoms with Crippen LogP contribution in [0.4, 0.5) is 0 Å². The van der Waals surface area contributed by atoms with Gasteiger partial charge in [0, 0.05) is 17.7 Å². The molecule has 0 saturated carbocycles. The molecule has 0 bridgehead atoms. The van der Waals surface area contributed by atoms with Crippen LogP contribution in [0.15, 0.2) is 12.1 Å². The Bertz CT molecular complexity index is 433. The Kier molecular flexibility index (Phi) is 5.03. The van der Waals surface area contributed by atoms with E-state index < -0.39 is 0 Å². The quantitative estimate of drug-likeness (QED) is 0.821. The smallest absolute Gasteiger partial charge is 0.164 e. The van der Waals surface area contributed by atoms with E-state index in [0.717, 1.165) is 5.56 Å². The molecule has 0 aliphatic rings. The van der Waals surface area contributed by atoms with E-state index in [1.54, 1.807) is 27.4 Å². The maximum Gasteiger partial charge on any atom is 0.164 e. The average Bonchev–Trinajstić information content (AvgIpc) is 2.44. The Morgan fingerprint density at radius 3 is 1.89 bits per heavy atom. The molecule has 108 valence electrons. The molecule has 1 aromatic rings. The van der Waals surface area contributed by atoms with E-state index in [2.05, 4.69) is 0 Å². The fourth-order valence-electron chi connectivity index (χ4n) is 1.84. The van der Waals surface area contributed by atoms with E-state index in [0.29, 0.717) is 23.8 Å². The molecule has 1 unspecified atom stereocenters. The van der Waals surface area contributed by atoms with Crippen molar-refractivity contribution in [2.45, 2.75) is 19.9 Å². The Hall–Kier alpha value is -1.46. The Labute approximate surface area is 114 Å². The molecule has 0 amide bonds. The summed E-state index contributed by atoms with van der Waals surface area (Å²) in [6, 6.07) is 3.37. The van der Waals surface area contributed by atoms with Gasteiger partial charge in [0.2, 0.25) is 0 Å². The first-order valence-corrected chi connectivity index (χ1v) is 6.16. The SMILES string of the molecule is COc1cc(OC)c(C(N)C(C)(C)CN)cc1OC. The molecular weight excluding hydrogens is 244 g/mol. The van der Waals surface area contributed by atoms with Crippen LogP contribution in [0.25, 0.3) is 0 Å². The van der Waals surface area contributed by atoms with Crippen LogP contribution >= 0.6 is 0 Å². The molecule has 0 aliphatic heterocycles. The fourth-order valence-corrected chi connectivity index (χ4v) is 1.84. The van der Waals surface area contributed by atoms with Gasteiger partial charge in [-0.3, -0.25) is 0 Å². The Morgan fingerprint density at radius 2 is 1.47 bits per heavy atom. The van der Waals surface area contributed by atoms with Gasteiger partial charge in [0.05, 0.1) is 21.3 Å². The highest BCUT2D eigenvalue weighted by atomic mass is 16.5. The van der Waals surface area contributed by atoms with Gasteiger partial charge < -0.3 is 25.7 Å². The van der Waals surface area contributed by atoms with E-state index in [9.17, 15) is 0 Å². The fraction of sp³-hybridized carbons (Fsp3) is 0.571. The molecule has 0 spiro atoms. The zero-order chi connectivity index (χ0) is 14.6. The second-order valence-corrected chi connectivity index (χ2v) is 5.12. The molecule has 19 heavy (non-hydrogen) atoms. The molecule has 1 rings (SSSR count). The number of methoxy groups -OCH3 is 3. The van der Waals surface area contributed by atoms with E-state index in [1.165, 1.54) is 0 Å². The Morgan fingerprint density at radius 1 is 1.00 bits per heavy atom. The molecule has 5 nitrogen and oxygen atoms in total. The lowest BCUT2D eigenvalue weighted by molar-refractivity contribution is 0.288. The first-order valence-electron chi connectivity index (χ1n) is 6.16. The molecule has 0 fully saturated rings. The predicted molar refractivity (Wildman–Crippen MR) is 75.9 cm³/mol. The van der Waals surface area contributed by atoms with Crippen LogP contribution in [0.3, 0.4) is 0 Å². The van der Waals surface area contributed by atoms with Gasteiger partial charge in [-0.15, -0.1) is 0 Å². The van der Waals surface area contributed by atoms with Gasteiger partial charge in [0.15, 0.2) is 11.5 Å². The van der Waals surface area contributed by atoms with Crippen molar-refractivity contribution in [3.63, 3.8) is 0 Å². The third-order valence-corrected chi connectivity index (χ3v) is 3.44. The van der Waals surface area contributed by atoms with Crippen LogP contribution in [0.2, 0.25) is 0 Å². The molecule has 0 saturated heterocycles. The lowest BCUT2D eigenvalue weighted by Gasteiger charge is -2.31.